The first-order valence-electron chi connectivity index (χ1n) is 5.03. The molecule has 94 valence electrons. The summed E-state index contributed by atoms with van der Waals surface area (Å²) in [5, 5.41) is 0.0105. The molecule has 0 radical (unpaired) electrons. The molecule has 18 heavy (non-hydrogen) atoms. The Morgan fingerprint density at radius 3 is 2.22 bits per heavy atom. The zero-order valence-electron chi connectivity index (χ0n) is 9.49. The number of hydrogen-bond acceptors (Lipinski definition) is 4. The molecule has 0 atom stereocenters. The van der Waals surface area contributed by atoms with Gasteiger partial charge in [0.25, 0.3) is 10.0 Å². The van der Waals surface area contributed by atoms with Crippen LogP contribution in [0.2, 0.25) is 5.28 Å². The fourth-order valence-electron chi connectivity index (χ4n) is 1.37. The van der Waals surface area contributed by atoms with E-state index in [4.69, 9.17) is 11.6 Å². The molecule has 0 unspecified atom stereocenters. The van der Waals surface area contributed by atoms with Crippen LogP contribution in [0, 0.1) is 0 Å². The Morgan fingerprint density at radius 2 is 1.67 bits per heavy atom. The van der Waals surface area contributed by atoms with Crippen molar-refractivity contribution in [1.82, 2.24) is 9.97 Å². The van der Waals surface area contributed by atoms with Crippen LogP contribution in [0.5, 0.6) is 0 Å². The molecule has 0 amide bonds. The van der Waals surface area contributed by atoms with Crippen LogP contribution >= 0.6 is 11.6 Å². The largest absolute Gasteiger partial charge is 0.269 e. The van der Waals surface area contributed by atoms with E-state index in [1.54, 1.807) is 24.3 Å². The summed E-state index contributed by atoms with van der Waals surface area (Å²) < 4.78 is 25.7. The summed E-state index contributed by atoms with van der Waals surface area (Å²) in [5.74, 6) is 0. The van der Waals surface area contributed by atoms with Gasteiger partial charge >= 0.3 is 0 Å². The topological polar surface area (TPSA) is 63.2 Å². The predicted molar refractivity (Wildman–Crippen MR) is 69.1 cm³/mol. The molecule has 0 saturated heterocycles. The Bertz CT molecular complexity index is 629. The third kappa shape index (κ3) is 2.44. The Balaban J connectivity index is 2.40. The molecule has 0 aliphatic carbocycles. The van der Waals surface area contributed by atoms with E-state index in [2.05, 4.69) is 9.97 Å². The van der Waals surface area contributed by atoms with E-state index in [1.165, 1.54) is 23.7 Å². The summed E-state index contributed by atoms with van der Waals surface area (Å²) in [5.41, 5.74) is 0.562. The number of benzene rings is 1. The maximum absolute atomic E-state index is 12.2. The van der Waals surface area contributed by atoms with Gasteiger partial charge in [0.1, 0.15) is 4.90 Å². The number of para-hydroxylation sites is 1. The highest BCUT2D eigenvalue weighted by atomic mass is 35.5. The second kappa shape index (κ2) is 4.91. The second-order valence-corrected chi connectivity index (χ2v) is 5.80. The summed E-state index contributed by atoms with van der Waals surface area (Å²) >= 11 is 5.53. The molecule has 2 rings (SSSR count). The third-order valence-corrected chi connectivity index (χ3v) is 4.31. The first-order valence-corrected chi connectivity index (χ1v) is 6.85. The van der Waals surface area contributed by atoms with E-state index in [0.717, 1.165) is 0 Å². The van der Waals surface area contributed by atoms with Gasteiger partial charge in [-0.1, -0.05) is 18.2 Å². The van der Waals surface area contributed by atoms with Gasteiger partial charge in [0.2, 0.25) is 5.28 Å². The minimum atomic E-state index is -3.66. The van der Waals surface area contributed by atoms with Gasteiger partial charge in [0.15, 0.2) is 0 Å². The van der Waals surface area contributed by atoms with Gasteiger partial charge in [0, 0.05) is 7.05 Å². The number of aromatic nitrogens is 2. The molecule has 0 aliphatic rings. The first kappa shape index (κ1) is 12.8. The van der Waals surface area contributed by atoms with E-state index in [-0.39, 0.29) is 10.2 Å². The van der Waals surface area contributed by atoms with Crippen LogP contribution in [0.25, 0.3) is 0 Å². The Kier molecular flexibility index (Phi) is 3.49. The monoisotopic (exact) mass is 283 g/mol. The van der Waals surface area contributed by atoms with Crippen molar-refractivity contribution < 1.29 is 8.42 Å². The van der Waals surface area contributed by atoms with E-state index in [0.29, 0.717) is 5.69 Å². The molecular formula is C11H10ClN3O2S. The van der Waals surface area contributed by atoms with E-state index in [9.17, 15) is 8.42 Å². The highest BCUT2D eigenvalue weighted by Gasteiger charge is 2.21. The number of sulfonamides is 1. The lowest BCUT2D eigenvalue weighted by atomic mass is 10.3. The van der Waals surface area contributed by atoms with Crippen LogP contribution in [0.4, 0.5) is 5.69 Å². The van der Waals surface area contributed by atoms with Crippen LogP contribution in [-0.4, -0.2) is 25.4 Å². The van der Waals surface area contributed by atoms with Crippen LogP contribution < -0.4 is 4.31 Å². The average molecular weight is 284 g/mol. The van der Waals surface area contributed by atoms with E-state index >= 15 is 0 Å². The first-order chi connectivity index (χ1) is 8.51. The normalized spacial score (nSPS) is 11.2. The zero-order valence-corrected chi connectivity index (χ0v) is 11.1. The molecule has 7 heteroatoms. The standard InChI is InChI=1S/C11H10ClN3O2S/c1-15(9-5-3-2-4-6-9)18(16,17)10-7-13-11(12)14-8-10/h2-8H,1H3. The lowest BCUT2D eigenvalue weighted by Crippen LogP contribution is -2.26. The predicted octanol–water partition coefficient (Wildman–Crippen LogP) is 1.96. The van der Waals surface area contributed by atoms with Crippen LogP contribution in [0.15, 0.2) is 47.6 Å². The van der Waals surface area contributed by atoms with Crippen LogP contribution in [0.3, 0.4) is 0 Å². The van der Waals surface area contributed by atoms with Crippen molar-refractivity contribution in [3.63, 3.8) is 0 Å². The molecule has 1 aromatic heterocycles. The van der Waals surface area contributed by atoms with Gasteiger partial charge in [-0.2, -0.15) is 0 Å². The SMILES string of the molecule is CN(c1ccccc1)S(=O)(=O)c1cnc(Cl)nc1. The van der Waals surface area contributed by atoms with Crippen molar-refractivity contribution in [2.24, 2.45) is 0 Å². The van der Waals surface area contributed by atoms with E-state index in [1.807, 2.05) is 6.07 Å². The van der Waals surface area contributed by atoms with Gasteiger partial charge < -0.3 is 0 Å². The lowest BCUT2D eigenvalue weighted by molar-refractivity contribution is 0.593. The van der Waals surface area contributed by atoms with Gasteiger partial charge in [-0.15, -0.1) is 0 Å². The van der Waals surface area contributed by atoms with Crippen LogP contribution in [-0.2, 0) is 10.0 Å². The zero-order chi connectivity index (χ0) is 13.2. The van der Waals surface area contributed by atoms with Crippen molar-refractivity contribution >= 4 is 27.3 Å². The Morgan fingerprint density at radius 1 is 1.11 bits per heavy atom. The molecule has 0 fully saturated rings. The number of nitrogens with zero attached hydrogens (tertiary/aromatic N) is 3. The van der Waals surface area contributed by atoms with Gasteiger partial charge in [-0.3, -0.25) is 4.31 Å². The Labute approximate surface area is 110 Å². The van der Waals surface area contributed by atoms with Gasteiger partial charge in [-0.25, -0.2) is 18.4 Å². The molecule has 0 aliphatic heterocycles. The highest BCUT2D eigenvalue weighted by molar-refractivity contribution is 7.92. The molecule has 0 spiro atoms. The fourth-order valence-corrected chi connectivity index (χ4v) is 2.55. The van der Waals surface area contributed by atoms with E-state index < -0.39 is 10.0 Å². The smallest absolute Gasteiger partial charge is 0.267 e. The van der Waals surface area contributed by atoms with Crippen molar-refractivity contribution in [3.05, 3.63) is 48.0 Å². The molecule has 1 heterocycles. The number of anilines is 1. The summed E-state index contributed by atoms with van der Waals surface area (Å²) in [4.78, 5) is 7.34. The maximum atomic E-state index is 12.2. The van der Waals surface area contributed by atoms with Crippen LogP contribution in [0.1, 0.15) is 0 Å². The minimum Gasteiger partial charge on any atom is -0.269 e. The highest BCUT2D eigenvalue weighted by Crippen LogP contribution is 2.20. The summed E-state index contributed by atoms with van der Waals surface area (Å²) in [6, 6.07) is 8.75. The van der Waals surface area contributed by atoms with Crippen molar-refractivity contribution in [3.8, 4) is 0 Å². The number of hydrogen-bond donors (Lipinski definition) is 0. The van der Waals surface area contributed by atoms with Crippen molar-refractivity contribution in [1.29, 1.82) is 0 Å². The minimum absolute atomic E-state index is 0.00162. The van der Waals surface area contributed by atoms with Gasteiger partial charge in [0.05, 0.1) is 18.1 Å². The molecule has 2 aromatic rings. The molecule has 5 nitrogen and oxygen atoms in total. The van der Waals surface area contributed by atoms with Crippen molar-refractivity contribution in [2.75, 3.05) is 11.4 Å². The third-order valence-electron chi connectivity index (χ3n) is 2.37. The molecule has 1 aromatic carbocycles. The fraction of sp³-hybridized carbons (Fsp3) is 0.0909. The average Bonchev–Trinajstić information content (AvgIpc) is 2.39. The summed E-state index contributed by atoms with van der Waals surface area (Å²) in [7, 11) is -2.19. The number of halogens is 1. The summed E-state index contributed by atoms with van der Waals surface area (Å²) in [6.07, 6.45) is 2.37. The molecule has 0 bridgehead atoms. The summed E-state index contributed by atoms with van der Waals surface area (Å²) in [6.45, 7) is 0. The quantitative estimate of drug-likeness (QED) is 0.808. The number of rotatable bonds is 3. The molecule has 0 saturated carbocycles. The molecule has 0 N–H and O–H groups in total. The van der Waals surface area contributed by atoms with Crippen molar-refractivity contribution in [2.45, 2.75) is 4.90 Å². The lowest BCUT2D eigenvalue weighted by Gasteiger charge is -2.18. The molecular weight excluding hydrogens is 274 g/mol. The maximum Gasteiger partial charge on any atom is 0.267 e. The second-order valence-electron chi connectivity index (χ2n) is 3.50. The van der Waals surface area contributed by atoms with Gasteiger partial charge in [-0.05, 0) is 23.7 Å². The Hall–Kier alpha value is -1.66.